The van der Waals surface area contributed by atoms with E-state index in [4.69, 9.17) is 18.2 Å². The number of ketones is 1. The second-order valence-electron chi connectivity index (χ2n) is 7.06. The number of hydrogen-bond acceptors (Lipinski definition) is 4. The minimum atomic E-state index is -0.0221. The molecule has 0 aliphatic carbocycles. The molecule has 1 fully saturated rings. The Morgan fingerprint density at radius 1 is 1.41 bits per heavy atom. The Morgan fingerprint density at radius 2 is 2.19 bits per heavy atom. The smallest absolute Gasteiger partial charge is 0.269 e. The third-order valence-corrected chi connectivity index (χ3v) is 5.19. The first-order valence-corrected chi connectivity index (χ1v) is 9.44. The van der Waals surface area contributed by atoms with Gasteiger partial charge in [-0.2, -0.15) is 0 Å². The first-order chi connectivity index (χ1) is 13.0. The zero-order chi connectivity index (χ0) is 19.4. The molecule has 0 amide bonds. The lowest BCUT2D eigenvalue weighted by Gasteiger charge is -2.32. The number of carbonyl (C=O) groups excluding carboxylic acids is 1. The monoisotopic (exact) mass is 382 g/mol. The van der Waals surface area contributed by atoms with Crippen molar-refractivity contribution in [1.29, 1.82) is 0 Å². The summed E-state index contributed by atoms with van der Waals surface area (Å²) < 4.78 is 0. The van der Waals surface area contributed by atoms with Crippen LogP contribution in [0.15, 0.2) is 30.5 Å². The van der Waals surface area contributed by atoms with Gasteiger partial charge < -0.3 is 10.2 Å². The molecule has 1 atom stereocenters. The van der Waals surface area contributed by atoms with Gasteiger partial charge in [0.1, 0.15) is 6.20 Å². The van der Waals surface area contributed by atoms with Crippen molar-refractivity contribution < 1.29 is 4.79 Å². The Morgan fingerprint density at radius 3 is 2.85 bits per heavy atom. The van der Waals surface area contributed by atoms with Crippen molar-refractivity contribution in [1.82, 2.24) is 15.2 Å². The van der Waals surface area contributed by atoms with Crippen LogP contribution in [0.2, 0.25) is 5.02 Å². The van der Waals surface area contributed by atoms with Gasteiger partial charge >= 0.3 is 0 Å². The minimum Gasteiger partial charge on any atom is -0.361 e. The van der Waals surface area contributed by atoms with Crippen LogP contribution in [0.25, 0.3) is 4.85 Å². The summed E-state index contributed by atoms with van der Waals surface area (Å²) in [7, 11) is 0. The quantitative estimate of drug-likeness (QED) is 0.631. The van der Waals surface area contributed by atoms with Crippen LogP contribution in [-0.4, -0.2) is 41.3 Å². The molecule has 0 spiro atoms. The van der Waals surface area contributed by atoms with Gasteiger partial charge in [0, 0.05) is 43.7 Å². The minimum absolute atomic E-state index is 0.0221. The summed E-state index contributed by atoms with van der Waals surface area (Å²) in [4.78, 5) is 22.3. The van der Waals surface area contributed by atoms with E-state index in [2.05, 4.69) is 33.9 Å². The highest BCUT2D eigenvalue weighted by Crippen LogP contribution is 2.24. The fourth-order valence-corrected chi connectivity index (χ4v) is 3.70. The second kappa shape index (κ2) is 8.62. The number of halogens is 1. The zero-order valence-electron chi connectivity index (χ0n) is 15.6. The Balaban J connectivity index is 1.78. The molecule has 3 rings (SSSR count). The highest BCUT2D eigenvalue weighted by atomic mass is 35.5. The standard InChI is InChI=1S/C21H23ClN4O/c1-14-12-26(7-6-24-14)13-18-9-19(22)8-17(15(18)2)10-20(27)16-4-5-21(23-3)25-11-16/h4-5,8-9,11,14,24H,6-7,10,12-13H2,1-2H3/t14-/m0/s1. The average Bonchev–Trinajstić information content (AvgIpc) is 2.65. The van der Waals surface area contributed by atoms with Gasteiger partial charge in [-0.25, -0.2) is 0 Å². The molecule has 1 saturated heterocycles. The summed E-state index contributed by atoms with van der Waals surface area (Å²) in [5.74, 6) is 0.268. The third-order valence-electron chi connectivity index (χ3n) is 4.97. The predicted octanol–water partition coefficient (Wildman–Crippen LogP) is 3.81. The predicted molar refractivity (Wildman–Crippen MR) is 107 cm³/mol. The summed E-state index contributed by atoms with van der Waals surface area (Å²) in [6.07, 6.45) is 1.75. The molecule has 1 N–H and O–H groups in total. The van der Waals surface area contributed by atoms with Crippen LogP contribution in [0.3, 0.4) is 0 Å². The second-order valence-corrected chi connectivity index (χ2v) is 7.49. The number of nitrogens with zero attached hydrogens (tertiary/aromatic N) is 3. The largest absolute Gasteiger partial charge is 0.361 e. The van der Waals surface area contributed by atoms with E-state index in [1.807, 2.05) is 12.1 Å². The Bertz CT molecular complexity index is 873. The van der Waals surface area contributed by atoms with E-state index in [1.54, 1.807) is 12.1 Å². The number of rotatable bonds is 5. The number of pyridine rings is 1. The van der Waals surface area contributed by atoms with E-state index in [9.17, 15) is 4.79 Å². The van der Waals surface area contributed by atoms with E-state index in [0.717, 1.165) is 37.3 Å². The molecule has 0 bridgehead atoms. The molecule has 6 heteroatoms. The Labute approximate surface area is 165 Å². The molecule has 2 heterocycles. The summed E-state index contributed by atoms with van der Waals surface area (Å²) >= 11 is 6.35. The van der Waals surface area contributed by atoms with E-state index in [1.165, 1.54) is 11.8 Å². The van der Waals surface area contributed by atoms with Crippen LogP contribution >= 0.6 is 11.6 Å². The number of nitrogens with one attached hydrogen (secondary N) is 1. The molecule has 2 aromatic rings. The van der Waals surface area contributed by atoms with Crippen molar-refractivity contribution in [3.05, 3.63) is 69.2 Å². The van der Waals surface area contributed by atoms with Crippen LogP contribution < -0.4 is 5.32 Å². The molecule has 1 aromatic carbocycles. The van der Waals surface area contributed by atoms with E-state index in [0.29, 0.717) is 16.6 Å². The van der Waals surface area contributed by atoms with Crippen molar-refractivity contribution in [3.8, 4) is 0 Å². The van der Waals surface area contributed by atoms with Crippen LogP contribution in [0.4, 0.5) is 5.82 Å². The van der Waals surface area contributed by atoms with Gasteiger partial charge in [0.25, 0.3) is 5.82 Å². The maximum Gasteiger partial charge on any atom is 0.269 e. The van der Waals surface area contributed by atoms with Gasteiger partial charge in [-0.05, 0) is 48.7 Å². The van der Waals surface area contributed by atoms with Crippen LogP contribution in [0.1, 0.15) is 34.0 Å². The zero-order valence-corrected chi connectivity index (χ0v) is 16.4. The molecule has 140 valence electrons. The van der Waals surface area contributed by atoms with Gasteiger partial charge in [-0.3, -0.25) is 9.69 Å². The lowest BCUT2D eigenvalue weighted by Crippen LogP contribution is -2.48. The normalized spacial score (nSPS) is 17.5. The first-order valence-electron chi connectivity index (χ1n) is 9.06. The molecule has 0 saturated carbocycles. The molecule has 27 heavy (non-hydrogen) atoms. The van der Waals surface area contributed by atoms with Gasteiger partial charge in [-0.1, -0.05) is 24.2 Å². The van der Waals surface area contributed by atoms with Crippen LogP contribution in [0.5, 0.6) is 0 Å². The molecule has 0 radical (unpaired) electrons. The van der Waals surface area contributed by atoms with Crippen molar-refractivity contribution >= 4 is 23.2 Å². The highest BCUT2D eigenvalue weighted by molar-refractivity contribution is 6.30. The number of hydrogen-bond donors (Lipinski definition) is 1. The maximum atomic E-state index is 12.6. The molecule has 0 unspecified atom stereocenters. The fourth-order valence-electron chi connectivity index (χ4n) is 3.43. The number of Topliss-reactive ketones (excluding diaryl/α,β-unsaturated/α-hetero) is 1. The molecular weight excluding hydrogens is 360 g/mol. The summed E-state index contributed by atoms with van der Waals surface area (Å²) in [5.41, 5.74) is 3.74. The third kappa shape index (κ3) is 4.92. The lowest BCUT2D eigenvalue weighted by atomic mass is 9.96. The SMILES string of the molecule is [C-]#[N+]c1ccc(C(=O)Cc2cc(Cl)cc(CN3CCN[C@@H](C)C3)c2C)cn1. The van der Waals surface area contributed by atoms with Crippen molar-refractivity contribution in [2.75, 3.05) is 19.6 Å². The number of benzene rings is 1. The summed E-state index contributed by atoms with van der Waals surface area (Å²) in [5, 5.41) is 4.11. The number of carbonyl (C=O) groups is 1. The van der Waals surface area contributed by atoms with Crippen LogP contribution in [-0.2, 0) is 13.0 Å². The molecule has 1 aliphatic heterocycles. The maximum absolute atomic E-state index is 12.6. The number of aromatic nitrogens is 1. The van der Waals surface area contributed by atoms with Crippen molar-refractivity contribution in [2.24, 2.45) is 0 Å². The molecule has 5 nitrogen and oxygen atoms in total. The molecular formula is C21H23ClN4O. The van der Waals surface area contributed by atoms with E-state index < -0.39 is 0 Å². The lowest BCUT2D eigenvalue weighted by molar-refractivity contribution is 0.0992. The van der Waals surface area contributed by atoms with Gasteiger partial charge in [-0.15, -0.1) is 4.98 Å². The van der Waals surface area contributed by atoms with E-state index >= 15 is 0 Å². The van der Waals surface area contributed by atoms with Gasteiger partial charge in [0.05, 0.1) is 5.56 Å². The number of piperazine rings is 1. The molecule has 1 aromatic heterocycles. The first kappa shape index (κ1) is 19.5. The Kier molecular flexibility index (Phi) is 6.22. The van der Waals surface area contributed by atoms with Crippen molar-refractivity contribution in [2.45, 2.75) is 32.9 Å². The summed E-state index contributed by atoms with van der Waals surface area (Å²) in [6, 6.07) is 7.59. The van der Waals surface area contributed by atoms with Gasteiger partial charge in [0.2, 0.25) is 0 Å². The molecule has 1 aliphatic rings. The Hall–Kier alpha value is -2.26. The van der Waals surface area contributed by atoms with E-state index in [-0.39, 0.29) is 18.0 Å². The van der Waals surface area contributed by atoms with Gasteiger partial charge in [0.15, 0.2) is 5.78 Å². The highest BCUT2D eigenvalue weighted by Gasteiger charge is 2.18. The van der Waals surface area contributed by atoms with Crippen LogP contribution in [0, 0.1) is 13.5 Å². The summed E-state index contributed by atoms with van der Waals surface area (Å²) in [6.45, 7) is 15.0. The average molecular weight is 383 g/mol. The fraction of sp³-hybridized carbons (Fsp3) is 0.381. The topological polar surface area (TPSA) is 49.6 Å². The van der Waals surface area contributed by atoms with Crippen molar-refractivity contribution in [3.63, 3.8) is 0 Å².